The highest BCUT2D eigenvalue weighted by Gasteiger charge is 2.19. The van der Waals surface area contributed by atoms with Crippen LogP contribution >= 0.6 is 0 Å². The number of rotatable bonds is 7. The number of hydrogen-bond acceptors (Lipinski definition) is 4. The molecule has 0 saturated carbocycles. The molecule has 1 unspecified atom stereocenters. The molecule has 6 heteroatoms. The molecule has 1 aromatic carbocycles. The molecule has 0 aliphatic carbocycles. The molecule has 1 heterocycles. The quantitative estimate of drug-likeness (QED) is 0.844. The van der Waals surface area contributed by atoms with Crippen LogP contribution in [0.5, 0.6) is 5.88 Å². The van der Waals surface area contributed by atoms with E-state index in [1.54, 1.807) is 30.8 Å². The van der Waals surface area contributed by atoms with Crippen LogP contribution in [0.2, 0.25) is 0 Å². The van der Waals surface area contributed by atoms with Crippen molar-refractivity contribution in [1.82, 2.24) is 20.0 Å². The van der Waals surface area contributed by atoms with Gasteiger partial charge in [-0.1, -0.05) is 30.3 Å². The molecule has 2 aromatic rings. The molecule has 6 nitrogen and oxygen atoms in total. The van der Waals surface area contributed by atoms with E-state index in [2.05, 4.69) is 10.4 Å². The average Bonchev–Trinajstić information content (AvgIpc) is 2.84. The van der Waals surface area contributed by atoms with Gasteiger partial charge in [-0.3, -0.25) is 4.79 Å². The minimum atomic E-state index is -0.0644. The molecule has 0 fully saturated rings. The van der Waals surface area contributed by atoms with Crippen molar-refractivity contribution in [2.45, 2.75) is 25.9 Å². The van der Waals surface area contributed by atoms with Crippen LogP contribution in [0.25, 0.3) is 0 Å². The minimum Gasteiger partial charge on any atom is -0.481 e. The van der Waals surface area contributed by atoms with Crippen molar-refractivity contribution in [1.29, 1.82) is 0 Å². The second-order valence-electron chi connectivity index (χ2n) is 6.03. The lowest BCUT2D eigenvalue weighted by Gasteiger charge is -2.21. The molecule has 24 heavy (non-hydrogen) atoms. The van der Waals surface area contributed by atoms with Gasteiger partial charge in [0.25, 0.3) is 0 Å². The number of carbonyl (C=O) groups excluding carboxylic acids is 1. The molecule has 0 radical (unpaired) electrons. The third kappa shape index (κ3) is 4.14. The van der Waals surface area contributed by atoms with Crippen LogP contribution in [0, 0.1) is 6.92 Å². The van der Waals surface area contributed by atoms with E-state index in [4.69, 9.17) is 4.74 Å². The van der Waals surface area contributed by atoms with Crippen molar-refractivity contribution in [2.75, 3.05) is 21.2 Å². The number of amides is 1. The van der Waals surface area contributed by atoms with E-state index in [1.807, 2.05) is 44.3 Å². The summed E-state index contributed by atoms with van der Waals surface area (Å²) < 4.78 is 7.17. The Kier molecular flexibility index (Phi) is 5.98. The highest BCUT2D eigenvalue weighted by molar-refractivity contribution is 5.76. The summed E-state index contributed by atoms with van der Waals surface area (Å²) >= 11 is 0. The number of aromatic nitrogens is 2. The zero-order valence-corrected chi connectivity index (χ0v) is 15.0. The number of aryl methyl sites for hydroxylation is 2. The molecule has 0 aliphatic rings. The summed E-state index contributed by atoms with van der Waals surface area (Å²) in [5.41, 5.74) is 3.03. The molecule has 1 N–H and O–H groups in total. The first-order valence-corrected chi connectivity index (χ1v) is 7.99. The lowest BCUT2D eigenvalue weighted by Crippen LogP contribution is -2.29. The van der Waals surface area contributed by atoms with Crippen LogP contribution in [0.1, 0.15) is 29.3 Å². The van der Waals surface area contributed by atoms with Gasteiger partial charge in [0.15, 0.2) is 0 Å². The van der Waals surface area contributed by atoms with Crippen molar-refractivity contribution in [3.8, 4) is 5.88 Å². The van der Waals surface area contributed by atoms with E-state index < -0.39 is 0 Å². The molecule has 0 bridgehead atoms. The molecule has 0 aliphatic heterocycles. The second-order valence-corrected chi connectivity index (χ2v) is 6.03. The van der Waals surface area contributed by atoms with Gasteiger partial charge in [0.1, 0.15) is 0 Å². The van der Waals surface area contributed by atoms with E-state index in [9.17, 15) is 4.79 Å². The Morgan fingerprint density at radius 3 is 2.58 bits per heavy atom. The van der Waals surface area contributed by atoms with E-state index in [-0.39, 0.29) is 11.9 Å². The summed E-state index contributed by atoms with van der Waals surface area (Å²) in [7, 11) is 7.06. The summed E-state index contributed by atoms with van der Waals surface area (Å²) in [4.78, 5) is 13.8. The molecular weight excluding hydrogens is 304 g/mol. The number of nitrogens with zero attached hydrogens (tertiary/aromatic N) is 3. The number of nitrogens with one attached hydrogen (secondary N) is 1. The molecule has 130 valence electrons. The van der Waals surface area contributed by atoms with Gasteiger partial charge in [0.2, 0.25) is 11.8 Å². The van der Waals surface area contributed by atoms with Crippen LogP contribution in [0.15, 0.2) is 30.3 Å². The van der Waals surface area contributed by atoms with Crippen LogP contribution in [0.3, 0.4) is 0 Å². The summed E-state index contributed by atoms with van der Waals surface area (Å²) in [6.45, 7) is 2.55. The van der Waals surface area contributed by atoms with Crippen molar-refractivity contribution in [2.24, 2.45) is 7.05 Å². The van der Waals surface area contributed by atoms with Gasteiger partial charge >= 0.3 is 0 Å². The maximum atomic E-state index is 12.2. The number of hydrogen-bond donors (Lipinski definition) is 1. The largest absolute Gasteiger partial charge is 0.481 e. The highest BCUT2D eigenvalue weighted by Crippen LogP contribution is 2.23. The van der Waals surface area contributed by atoms with Crippen molar-refractivity contribution >= 4 is 5.91 Å². The van der Waals surface area contributed by atoms with E-state index >= 15 is 0 Å². The van der Waals surface area contributed by atoms with E-state index in [0.29, 0.717) is 13.0 Å². The number of ether oxygens (including phenoxy) is 1. The normalized spacial score (nSPS) is 12.0. The smallest absolute Gasteiger partial charge is 0.223 e. The Balaban J connectivity index is 2.18. The fraction of sp³-hybridized carbons (Fsp3) is 0.444. The third-order valence-corrected chi connectivity index (χ3v) is 4.09. The molecule has 1 aromatic heterocycles. The Hall–Kier alpha value is -2.34. The highest BCUT2D eigenvalue weighted by atomic mass is 16.5. The van der Waals surface area contributed by atoms with Gasteiger partial charge in [-0.2, -0.15) is 5.10 Å². The van der Waals surface area contributed by atoms with Crippen molar-refractivity contribution in [3.05, 3.63) is 47.2 Å². The van der Waals surface area contributed by atoms with E-state index in [0.717, 1.165) is 22.7 Å². The van der Waals surface area contributed by atoms with Crippen LogP contribution in [-0.4, -0.2) is 41.8 Å². The monoisotopic (exact) mass is 330 g/mol. The van der Waals surface area contributed by atoms with Gasteiger partial charge in [-0.15, -0.1) is 0 Å². The summed E-state index contributed by atoms with van der Waals surface area (Å²) in [6.07, 6.45) is 0.401. The molecule has 0 saturated heterocycles. The molecule has 2 rings (SSSR count). The third-order valence-electron chi connectivity index (χ3n) is 4.09. The minimum absolute atomic E-state index is 0.0644. The topological polar surface area (TPSA) is 59.4 Å². The van der Waals surface area contributed by atoms with Crippen LogP contribution in [0.4, 0.5) is 0 Å². The van der Waals surface area contributed by atoms with Gasteiger partial charge < -0.3 is 15.0 Å². The Labute approximate surface area is 143 Å². The Morgan fingerprint density at radius 1 is 1.33 bits per heavy atom. The summed E-state index contributed by atoms with van der Waals surface area (Å²) in [5.74, 6) is 0.831. The van der Waals surface area contributed by atoms with Gasteiger partial charge in [0, 0.05) is 40.2 Å². The Bertz CT molecular complexity index is 680. The average molecular weight is 330 g/mol. The zero-order chi connectivity index (χ0) is 17.7. The standard InChI is InChI=1S/C18H26N4O2/c1-13-15(18(24-5)22(4)20-13)12-19-16(11-17(23)21(2)3)14-9-7-6-8-10-14/h6-10,16,19H,11-12H2,1-5H3. The second kappa shape index (κ2) is 7.97. The maximum Gasteiger partial charge on any atom is 0.223 e. The molecular formula is C18H26N4O2. The van der Waals surface area contributed by atoms with Crippen LogP contribution in [-0.2, 0) is 18.4 Å². The summed E-state index contributed by atoms with van der Waals surface area (Å²) in [6, 6.07) is 9.95. The fourth-order valence-electron chi connectivity index (χ4n) is 2.72. The van der Waals surface area contributed by atoms with Gasteiger partial charge in [-0.25, -0.2) is 4.68 Å². The Morgan fingerprint density at radius 2 is 2.00 bits per heavy atom. The van der Waals surface area contributed by atoms with Gasteiger partial charge in [0.05, 0.1) is 18.4 Å². The number of benzene rings is 1. The van der Waals surface area contributed by atoms with Crippen LogP contribution < -0.4 is 10.1 Å². The SMILES string of the molecule is COc1c(CNC(CC(=O)N(C)C)c2ccccc2)c(C)nn1C. The number of carbonyl (C=O) groups is 1. The first kappa shape index (κ1) is 18.0. The van der Waals surface area contributed by atoms with Gasteiger partial charge in [-0.05, 0) is 12.5 Å². The first-order chi connectivity index (χ1) is 11.4. The predicted octanol–water partition coefficient (Wildman–Crippen LogP) is 2.05. The lowest BCUT2D eigenvalue weighted by molar-refractivity contribution is -0.129. The molecule has 1 amide bonds. The maximum absolute atomic E-state index is 12.2. The van der Waals surface area contributed by atoms with Crippen molar-refractivity contribution in [3.63, 3.8) is 0 Å². The zero-order valence-electron chi connectivity index (χ0n) is 15.0. The lowest BCUT2D eigenvalue weighted by atomic mass is 10.0. The van der Waals surface area contributed by atoms with E-state index in [1.165, 1.54) is 0 Å². The molecule has 0 spiro atoms. The first-order valence-electron chi connectivity index (χ1n) is 7.99. The fourth-order valence-corrected chi connectivity index (χ4v) is 2.72. The van der Waals surface area contributed by atoms with Crippen molar-refractivity contribution < 1.29 is 9.53 Å². The molecule has 1 atom stereocenters. The number of methoxy groups -OCH3 is 1. The predicted molar refractivity (Wildman–Crippen MR) is 93.8 cm³/mol. The summed E-state index contributed by atoms with van der Waals surface area (Å²) in [5, 5.41) is 7.88.